The number of Topliss-reactive ketones (excluding diaryl/α,β-unsaturated/α-hetero) is 1. The highest BCUT2D eigenvalue weighted by Gasteiger charge is 2.38. The van der Waals surface area contributed by atoms with Gasteiger partial charge in [0.2, 0.25) is 6.79 Å². The molecule has 0 unspecified atom stereocenters. The quantitative estimate of drug-likeness (QED) is 0.403. The maximum atomic E-state index is 12.4. The number of carbonyl (C=O) groups excluding carboxylic acids is 3. The van der Waals surface area contributed by atoms with Gasteiger partial charge in [0.05, 0.1) is 5.41 Å². The molecule has 0 amide bonds. The highest BCUT2D eigenvalue weighted by atomic mass is 16.7. The Morgan fingerprint density at radius 1 is 1.24 bits per heavy atom. The van der Waals surface area contributed by atoms with Crippen LogP contribution in [0.25, 0.3) is 0 Å². The van der Waals surface area contributed by atoms with Crippen LogP contribution in [0.4, 0.5) is 0 Å². The van der Waals surface area contributed by atoms with Crippen LogP contribution >= 0.6 is 0 Å². The van der Waals surface area contributed by atoms with E-state index in [2.05, 4.69) is 0 Å². The minimum Gasteiger partial charge on any atom is -0.535 e. The van der Waals surface area contributed by atoms with Crippen LogP contribution in [-0.2, 0) is 25.5 Å². The first-order chi connectivity index (χ1) is 13.5. The van der Waals surface area contributed by atoms with Crippen molar-refractivity contribution >= 4 is 24.8 Å². The SMILES string of the molecule is CCCC(=O)C[C@H]1Cc2cc(O)cc(C(=O)OCOC(=O)C(C)(C)C)c2OB1O. The number of benzene rings is 1. The minimum absolute atomic E-state index is 0.0176. The zero-order chi connectivity index (χ0) is 21.8. The Morgan fingerprint density at radius 3 is 2.55 bits per heavy atom. The van der Waals surface area contributed by atoms with Crippen LogP contribution < -0.4 is 4.65 Å². The van der Waals surface area contributed by atoms with Gasteiger partial charge in [0.25, 0.3) is 0 Å². The standard InChI is InChI=1S/C20H27BO8/c1-5-6-14(22)9-13-7-12-8-15(23)10-16(17(12)29-21(13)26)18(24)27-11-28-19(25)20(2,3)4/h8,10,13,23,26H,5-7,9,11H2,1-4H3/t13-/m1/s1. The first kappa shape index (κ1) is 22.7. The molecule has 9 heteroatoms. The second-order valence-electron chi connectivity index (χ2n) is 8.18. The molecule has 2 rings (SSSR count). The molecule has 1 atom stereocenters. The topological polar surface area (TPSA) is 119 Å². The maximum Gasteiger partial charge on any atom is 0.526 e. The van der Waals surface area contributed by atoms with E-state index in [0.29, 0.717) is 12.0 Å². The second-order valence-corrected chi connectivity index (χ2v) is 8.18. The Hall–Kier alpha value is -2.55. The molecule has 0 radical (unpaired) electrons. The molecule has 0 bridgehead atoms. The van der Waals surface area contributed by atoms with Crippen molar-refractivity contribution in [1.29, 1.82) is 0 Å². The first-order valence-electron chi connectivity index (χ1n) is 9.59. The molecule has 29 heavy (non-hydrogen) atoms. The third-order valence-corrected chi connectivity index (χ3v) is 4.51. The van der Waals surface area contributed by atoms with Crippen LogP contribution in [0.2, 0.25) is 5.82 Å². The predicted octanol–water partition coefficient (Wildman–Crippen LogP) is 2.64. The fourth-order valence-corrected chi connectivity index (χ4v) is 2.99. The summed E-state index contributed by atoms with van der Waals surface area (Å²) < 4.78 is 15.4. The third-order valence-electron chi connectivity index (χ3n) is 4.51. The number of fused-ring (bicyclic) bond motifs is 1. The Kier molecular flexibility index (Phi) is 7.29. The number of ether oxygens (including phenoxy) is 2. The van der Waals surface area contributed by atoms with Gasteiger partial charge in [-0.05, 0) is 51.3 Å². The van der Waals surface area contributed by atoms with Crippen molar-refractivity contribution in [2.24, 2.45) is 5.41 Å². The lowest BCUT2D eigenvalue weighted by Gasteiger charge is -2.28. The summed E-state index contributed by atoms with van der Waals surface area (Å²) in [6, 6.07) is 2.58. The van der Waals surface area contributed by atoms with Crippen molar-refractivity contribution < 1.29 is 38.6 Å². The van der Waals surface area contributed by atoms with Gasteiger partial charge in [0.15, 0.2) is 0 Å². The maximum absolute atomic E-state index is 12.4. The van der Waals surface area contributed by atoms with Crippen molar-refractivity contribution in [2.75, 3.05) is 6.79 Å². The summed E-state index contributed by atoms with van der Waals surface area (Å²) in [6.45, 7) is 6.31. The van der Waals surface area contributed by atoms with E-state index >= 15 is 0 Å². The van der Waals surface area contributed by atoms with Crippen LogP contribution in [0.15, 0.2) is 12.1 Å². The lowest BCUT2D eigenvalue weighted by molar-refractivity contribution is -0.161. The highest BCUT2D eigenvalue weighted by Crippen LogP contribution is 2.39. The summed E-state index contributed by atoms with van der Waals surface area (Å²) in [7, 11) is -1.27. The summed E-state index contributed by atoms with van der Waals surface area (Å²) in [6.07, 6.45) is 1.54. The summed E-state index contributed by atoms with van der Waals surface area (Å²) in [5.74, 6) is -1.95. The molecule has 158 valence electrons. The van der Waals surface area contributed by atoms with Gasteiger partial charge in [0.1, 0.15) is 22.8 Å². The molecular formula is C20H27BO8. The number of esters is 2. The van der Waals surface area contributed by atoms with E-state index in [4.69, 9.17) is 14.1 Å². The van der Waals surface area contributed by atoms with E-state index in [1.807, 2.05) is 6.92 Å². The number of phenolic OH excluding ortho intramolecular Hbond substituents is 1. The molecule has 8 nitrogen and oxygen atoms in total. The lowest BCUT2D eigenvalue weighted by atomic mass is 9.64. The van der Waals surface area contributed by atoms with Gasteiger partial charge in [0, 0.05) is 18.7 Å². The highest BCUT2D eigenvalue weighted by molar-refractivity contribution is 6.47. The summed E-state index contributed by atoms with van der Waals surface area (Å²) in [4.78, 5) is 36.1. The van der Waals surface area contributed by atoms with E-state index in [1.165, 1.54) is 6.07 Å². The zero-order valence-electron chi connectivity index (χ0n) is 17.2. The molecule has 0 saturated heterocycles. The Balaban J connectivity index is 2.12. The summed E-state index contributed by atoms with van der Waals surface area (Å²) in [5, 5.41) is 20.3. The molecule has 1 aliphatic heterocycles. The molecule has 1 aliphatic rings. The van der Waals surface area contributed by atoms with Crippen LogP contribution in [0.1, 0.15) is 62.9 Å². The van der Waals surface area contributed by atoms with Crippen molar-refractivity contribution in [3.63, 3.8) is 0 Å². The first-order valence-corrected chi connectivity index (χ1v) is 9.59. The van der Waals surface area contributed by atoms with Gasteiger partial charge < -0.3 is 24.3 Å². The van der Waals surface area contributed by atoms with Gasteiger partial charge in [-0.1, -0.05) is 6.92 Å². The monoisotopic (exact) mass is 406 g/mol. The number of hydrogen-bond donors (Lipinski definition) is 2. The average molecular weight is 406 g/mol. The van der Waals surface area contributed by atoms with Gasteiger partial charge in [-0.2, -0.15) is 0 Å². The molecule has 0 aliphatic carbocycles. The van der Waals surface area contributed by atoms with Crippen LogP contribution in [-0.4, -0.2) is 41.8 Å². The van der Waals surface area contributed by atoms with Crippen LogP contribution in [0, 0.1) is 5.41 Å². The lowest BCUT2D eigenvalue weighted by Crippen LogP contribution is -2.36. The van der Waals surface area contributed by atoms with Gasteiger partial charge >= 0.3 is 19.1 Å². The summed E-state index contributed by atoms with van der Waals surface area (Å²) >= 11 is 0. The van der Waals surface area contributed by atoms with Crippen molar-refractivity contribution in [3.05, 3.63) is 23.3 Å². The molecule has 1 aromatic rings. The second kappa shape index (κ2) is 9.30. The molecule has 0 aromatic heterocycles. The molecule has 0 spiro atoms. The number of carbonyl (C=O) groups is 3. The number of hydrogen-bond acceptors (Lipinski definition) is 8. The smallest absolute Gasteiger partial charge is 0.526 e. The normalized spacial score (nSPS) is 15.9. The van der Waals surface area contributed by atoms with Gasteiger partial charge in [-0.3, -0.25) is 9.59 Å². The number of phenols is 1. The fraction of sp³-hybridized carbons (Fsp3) is 0.550. The van der Waals surface area contributed by atoms with Gasteiger partial charge in [-0.15, -0.1) is 0 Å². The number of aromatic hydroxyl groups is 1. The van der Waals surface area contributed by atoms with E-state index in [1.54, 1.807) is 20.8 Å². The van der Waals surface area contributed by atoms with Crippen molar-refractivity contribution in [3.8, 4) is 11.5 Å². The van der Waals surface area contributed by atoms with Crippen molar-refractivity contribution in [2.45, 2.75) is 59.2 Å². The molecule has 0 fully saturated rings. The molecule has 2 N–H and O–H groups in total. The Labute approximate surface area is 170 Å². The zero-order valence-corrected chi connectivity index (χ0v) is 17.2. The Bertz CT molecular complexity index is 783. The summed E-state index contributed by atoms with van der Waals surface area (Å²) in [5.41, 5.74) is -0.346. The molecule has 0 saturated carbocycles. The minimum atomic E-state index is -1.27. The molecule has 1 aromatic carbocycles. The number of rotatable bonds is 7. The van der Waals surface area contributed by atoms with E-state index < -0.39 is 37.1 Å². The molecular weight excluding hydrogens is 379 g/mol. The fourth-order valence-electron chi connectivity index (χ4n) is 2.99. The predicted molar refractivity (Wildman–Crippen MR) is 105 cm³/mol. The average Bonchev–Trinajstić information content (AvgIpc) is 2.61. The van der Waals surface area contributed by atoms with Crippen LogP contribution in [0.3, 0.4) is 0 Å². The van der Waals surface area contributed by atoms with Crippen molar-refractivity contribution in [1.82, 2.24) is 0 Å². The van der Waals surface area contributed by atoms with Gasteiger partial charge in [-0.25, -0.2) is 4.79 Å². The van der Waals surface area contributed by atoms with Crippen LogP contribution in [0.5, 0.6) is 11.5 Å². The number of ketones is 1. The van der Waals surface area contributed by atoms with E-state index in [9.17, 15) is 24.5 Å². The molecule has 1 heterocycles. The third kappa shape index (κ3) is 5.96. The Morgan fingerprint density at radius 2 is 1.93 bits per heavy atom. The largest absolute Gasteiger partial charge is 0.535 e. The van der Waals surface area contributed by atoms with E-state index in [-0.39, 0.29) is 35.7 Å². The van der Waals surface area contributed by atoms with E-state index in [0.717, 1.165) is 12.5 Å².